The first-order valence-electron chi connectivity index (χ1n) is 8.12. The molecule has 5 nitrogen and oxygen atoms in total. The van der Waals surface area contributed by atoms with Gasteiger partial charge in [0.2, 0.25) is 5.90 Å². The van der Waals surface area contributed by atoms with Crippen molar-refractivity contribution in [3.63, 3.8) is 0 Å². The zero-order valence-corrected chi connectivity index (χ0v) is 16.9. The van der Waals surface area contributed by atoms with Crippen LogP contribution in [0.1, 0.15) is 59.8 Å². The molecule has 2 unspecified atom stereocenters. The second kappa shape index (κ2) is 11.9. The second-order valence-electron chi connectivity index (χ2n) is 6.40. The molecule has 0 heterocycles. The first-order chi connectivity index (χ1) is 11.0. The molecule has 0 bridgehead atoms. The molecule has 0 aliphatic rings. The van der Waals surface area contributed by atoms with Crippen LogP contribution in [0.25, 0.3) is 0 Å². The van der Waals surface area contributed by atoms with Gasteiger partial charge in [0.05, 0.1) is 0 Å². The standard InChI is InChI=1S/C17H30O5P2/c1-14(2)7-5-8-15(3)9-6-10-16(4)11-12-17(18)23(19)13-24(20,21)22/h7,9,11,17-18H,5-6,8,10,12-13H2,1-4H3,(H-,20,21,22)/p+1/b15-9+,16-11+. The zero-order valence-electron chi connectivity index (χ0n) is 15.1. The Balaban J connectivity index is 4.21. The van der Waals surface area contributed by atoms with E-state index in [0.717, 1.165) is 31.3 Å². The molecule has 0 rings (SSSR count). The van der Waals surface area contributed by atoms with Crippen LogP contribution in [-0.4, -0.2) is 26.6 Å². The Morgan fingerprint density at radius 2 is 1.50 bits per heavy atom. The Morgan fingerprint density at radius 3 is 2.00 bits per heavy atom. The van der Waals surface area contributed by atoms with Crippen molar-refractivity contribution < 1.29 is 24.0 Å². The van der Waals surface area contributed by atoms with Crippen LogP contribution in [0.2, 0.25) is 0 Å². The Bertz CT molecular complexity index is 539. The van der Waals surface area contributed by atoms with Crippen molar-refractivity contribution in [2.24, 2.45) is 0 Å². The van der Waals surface area contributed by atoms with Crippen molar-refractivity contribution >= 4 is 15.4 Å². The first-order valence-corrected chi connectivity index (χ1v) is 11.4. The van der Waals surface area contributed by atoms with Gasteiger partial charge < -0.3 is 14.9 Å². The van der Waals surface area contributed by atoms with Gasteiger partial charge in [0.1, 0.15) is 0 Å². The Hall–Kier alpha value is -0.570. The monoisotopic (exact) mass is 377 g/mol. The molecule has 0 aromatic heterocycles. The van der Waals surface area contributed by atoms with Gasteiger partial charge in [0, 0.05) is 6.42 Å². The lowest BCUT2D eigenvalue weighted by atomic mass is 10.1. The van der Waals surface area contributed by atoms with Crippen LogP contribution in [0.5, 0.6) is 0 Å². The average molecular weight is 377 g/mol. The van der Waals surface area contributed by atoms with E-state index < -0.39 is 27.1 Å². The summed E-state index contributed by atoms with van der Waals surface area (Å²) >= 11 is 0. The van der Waals surface area contributed by atoms with Gasteiger partial charge in [-0.2, -0.15) is 0 Å². The lowest BCUT2D eigenvalue weighted by Crippen LogP contribution is -2.01. The fourth-order valence-electron chi connectivity index (χ4n) is 2.04. The van der Waals surface area contributed by atoms with E-state index in [-0.39, 0.29) is 6.42 Å². The lowest BCUT2D eigenvalue weighted by Gasteiger charge is -2.02. The predicted octanol–water partition coefficient (Wildman–Crippen LogP) is 5.08. The summed E-state index contributed by atoms with van der Waals surface area (Å²) in [7, 11) is -6.66. The van der Waals surface area contributed by atoms with Crippen molar-refractivity contribution in [1.82, 2.24) is 0 Å². The van der Waals surface area contributed by atoms with E-state index in [1.165, 1.54) is 11.1 Å². The molecule has 0 amide bonds. The average Bonchev–Trinajstić information content (AvgIpc) is 2.42. The van der Waals surface area contributed by atoms with Crippen LogP contribution in [-0.2, 0) is 9.13 Å². The van der Waals surface area contributed by atoms with Gasteiger partial charge in [-0.05, 0) is 53.4 Å². The van der Waals surface area contributed by atoms with Gasteiger partial charge in [-0.3, -0.25) is 4.57 Å². The minimum atomic E-state index is -4.34. The first kappa shape index (κ1) is 23.4. The highest BCUT2D eigenvalue weighted by atomic mass is 31.2. The SMILES string of the molecule is CC(C)=CCC/C(C)=C/CC/C(C)=C/CC(O)[P+](=O)CP(=O)(O)O. The highest BCUT2D eigenvalue weighted by Crippen LogP contribution is 2.47. The van der Waals surface area contributed by atoms with E-state index in [9.17, 15) is 14.2 Å². The Kier molecular flexibility index (Phi) is 11.6. The molecule has 0 spiro atoms. The number of rotatable bonds is 11. The van der Waals surface area contributed by atoms with Crippen LogP contribution in [0.4, 0.5) is 0 Å². The minimum Gasteiger partial charge on any atom is -0.351 e. The van der Waals surface area contributed by atoms with Crippen LogP contribution >= 0.6 is 15.4 Å². The van der Waals surface area contributed by atoms with Crippen LogP contribution < -0.4 is 0 Å². The highest BCUT2D eigenvalue weighted by molar-refractivity contribution is 7.66. The summed E-state index contributed by atoms with van der Waals surface area (Å²) in [6.07, 6.45) is 10.3. The van der Waals surface area contributed by atoms with Gasteiger partial charge in [-0.25, -0.2) is 0 Å². The minimum absolute atomic E-state index is 0.157. The lowest BCUT2D eigenvalue weighted by molar-refractivity contribution is 0.255. The smallest absolute Gasteiger partial charge is 0.351 e. The molecule has 0 fully saturated rings. The maximum absolute atomic E-state index is 11.6. The molecule has 3 N–H and O–H groups in total. The van der Waals surface area contributed by atoms with Crippen molar-refractivity contribution in [2.45, 2.75) is 65.6 Å². The number of hydrogen-bond donors (Lipinski definition) is 3. The topological polar surface area (TPSA) is 94.8 Å². The Morgan fingerprint density at radius 1 is 1.00 bits per heavy atom. The maximum Gasteiger partial charge on any atom is 0.383 e. The van der Waals surface area contributed by atoms with Crippen molar-refractivity contribution in [2.75, 3.05) is 5.90 Å². The van der Waals surface area contributed by atoms with Crippen molar-refractivity contribution in [3.8, 4) is 0 Å². The van der Waals surface area contributed by atoms with Gasteiger partial charge in [0.15, 0.2) is 0 Å². The molecular formula is C17H31O5P2+. The third-order valence-corrected chi connectivity index (χ3v) is 6.92. The summed E-state index contributed by atoms with van der Waals surface area (Å²) in [5.41, 5.74) is 3.75. The zero-order chi connectivity index (χ0) is 18.8. The fraction of sp³-hybridized carbons (Fsp3) is 0.647. The molecule has 0 saturated heterocycles. The highest BCUT2D eigenvalue weighted by Gasteiger charge is 2.35. The molecule has 0 aliphatic carbocycles. The van der Waals surface area contributed by atoms with E-state index in [0.29, 0.717) is 0 Å². The molecular weight excluding hydrogens is 346 g/mol. The molecule has 0 saturated carbocycles. The third-order valence-electron chi connectivity index (χ3n) is 3.46. The van der Waals surface area contributed by atoms with Gasteiger partial charge in [-0.15, -0.1) is 0 Å². The summed E-state index contributed by atoms with van der Waals surface area (Å²) in [4.78, 5) is 17.5. The van der Waals surface area contributed by atoms with E-state index in [4.69, 9.17) is 9.79 Å². The normalized spacial score (nSPS) is 15.2. The second-order valence-corrected chi connectivity index (χ2v) is 10.3. The quantitative estimate of drug-likeness (QED) is 0.345. The van der Waals surface area contributed by atoms with E-state index in [2.05, 4.69) is 32.9 Å². The molecule has 0 aliphatic heterocycles. The summed E-state index contributed by atoms with van der Waals surface area (Å²) < 4.78 is 22.4. The summed E-state index contributed by atoms with van der Waals surface area (Å²) in [5.74, 6) is -1.96. The van der Waals surface area contributed by atoms with Crippen molar-refractivity contribution in [1.29, 1.82) is 0 Å². The number of hydrogen-bond acceptors (Lipinski definition) is 3. The predicted molar refractivity (Wildman–Crippen MR) is 101 cm³/mol. The van der Waals surface area contributed by atoms with Crippen molar-refractivity contribution in [3.05, 3.63) is 34.9 Å². The maximum atomic E-state index is 11.6. The van der Waals surface area contributed by atoms with Crippen LogP contribution in [0, 0.1) is 0 Å². The molecule has 7 heteroatoms. The molecule has 0 radical (unpaired) electrons. The molecule has 2 atom stereocenters. The van der Waals surface area contributed by atoms with Crippen LogP contribution in [0.15, 0.2) is 34.9 Å². The largest absolute Gasteiger partial charge is 0.383 e. The third kappa shape index (κ3) is 13.8. The molecule has 0 aromatic rings. The van der Waals surface area contributed by atoms with Gasteiger partial charge in [-0.1, -0.05) is 39.5 Å². The molecule has 138 valence electrons. The Labute approximate surface area is 146 Å². The van der Waals surface area contributed by atoms with E-state index in [1.807, 2.05) is 6.92 Å². The summed E-state index contributed by atoms with van der Waals surface area (Å²) in [6.45, 7) is 8.24. The van der Waals surface area contributed by atoms with Gasteiger partial charge >= 0.3 is 15.4 Å². The molecule has 24 heavy (non-hydrogen) atoms. The summed E-state index contributed by atoms with van der Waals surface area (Å²) in [6, 6.07) is 0. The van der Waals surface area contributed by atoms with E-state index >= 15 is 0 Å². The summed E-state index contributed by atoms with van der Waals surface area (Å²) in [5, 5.41) is 9.70. The van der Waals surface area contributed by atoms with Gasteiger partial charge in [0.25, 0.3) is 5.85 Å². The number of aliphatic hydroxyl groups excluding tert-OH is 1. The van der Waals surface area contributed by atoms with Crippen LogP contribution in [0.3, 0.4) is 0 Å². The number of allylic oxidation sites excluding steroid dienone is 5. The molecule has 0 aromatic carbocycles. The van der Waals surface area contributed by atoms with E-state index in [1.54, 1.807) is 6.08 Å². The fourth-order valence-corrected chi connectivity index (χ4v) is 4.59. The number of aliphatic hydroxyl groups is 1.